The van der Waals surface area contributed by atoms with E-state index in [4.69, 9.17) is 8.83 Å². The summed E-state index contributed by atoms with van der Waals surface area (Å²) in [7, 11) is 0. The average molecular weight is 368 g/mol. The number of hydrogen-bond acceptors (Lipinski definition) is 7. The van der Waals surface area contributed by atoms with E-state index in [1.807, 2.05) is 29.6 Å². The molecule has 0 aromatic carbocycles. The van der Waals surface area contributed by atoms with Gasteiger partial charge >= 0.3 is 0 Å². The zero-order valence-electron chi connectivity index (χ0n) is 14.4. The Morgan fingerprint density at radius 3 is 2.85 bits per heavy atom. The highest BCUT2D eigenvalue weighted by atomic mass is 32.1. The Balaban J connectivity index is 1.53. The SMILES string of the molecule is N#Cc1nc(-c2cccs2)oc1NC[C@H](c1ccco1)N1CCCCC1. The van der Waals surface area contributed by atoms with E-state index in [9.17, 15) is 5.26 Å². The minimum absolute atomic E-state index is 0.104. The summed E-state index contributed by atoms with van der Waals surface area (Å²) < 4.78 is 11.5. The molecule has 134 valence electrons. The van der Waals surface area contributed by atoms with E-state index in [0.29, 0.717) is 18.3 Å². The van der Waals surface area contributed by atoms with Crippen LogP contribution >= 0.6 is 11.3 Å². The van der Waals surface area contributed by atoms with Crippen molar-refractivity contribution in [2.24, 2.45) is 0 Å². The van der Waals surface area contributed by atoms with Gasteiger partial charge in [-0.15, -0.1) is 11.3 Å². The molecule has 1 N–H and O–H groups in total. The number of thiophene rings is 1. The van der Waals surface area contributed by atoms with Gasteiger partial charge in [-0.25, -0.2) is 0 Å². The smallest absolute Gasteiger partial charge is 0.240 e. The van der Waals surface area contributed by atoms with Gasteiger partial charge in [-0.1, -0.05) is 12.5 Å². The van der Waals surface area contributed by atoms with Crippen LogP contribution in [0.5, 0.6) is 0 Å². The molecule has 3 aromatic heterocycles. The summed E-state index contributed by atoms with van der Waals surface area (Å²) in [4.78, 5) is 7.65. The van der Waals surface area contributed by atoms with Crippen LogP contribution in [0, 0.1) is 11.3 Å². The van der Waals surface area contributed by atoms with Crippen LogP contribution in [0.4, 0.5) is 5.88 Å². The first-order valence-corrected chi connectivity index (χ1v) is 9.69. The highest BCUT2D eigenvalue weighted by molar-refractivity contribution is 7.13. The van der Waals surface area contributed by atoms with Crippen LogP contribution in [0.15, 0.2) is 44.7 Å². The first-order valence-electron chi connectivity index (χ1n) is 8.81. The van der Waals surface area contributed by atoms with E-state index < -0.39 is 0 Å². The molecule has 1 atom stereocenters. The van der Waals surface area contributed by atoms with Crippen molar-refractivity contribution in [3.63, 3.8) is 0 Å². The van der Waals surface area contributed by atoms with Crippen molar-refractivity contribution in [1.82, 2.24) is 9.88 Å². The summed E-state index contributed by atoms with van der Waals surface area (Å²) in [6, 6.07) is 10.0. The number of furan rings is 1. The fourth-order valence-corrected chi connectivity index (χ4v) is 3.98. The van der Waals surface area contributed by atoms with Gasteiger partial charge in [-0.2, -0.15) is 10.2 Å². The van der Waals surface area contributed by atoms with Crippen molar-refractivity contribution < 1.29 is 8.83 Å². The summed E-state index contributed by atoms with van der Waals surface area (Å²) in [6.07, 6.45) is 5.38. The second kappa shape index (κ2) is 7.77. The van der Waals surface area contributed by atoms with E-state index in [0.717, 1.165) is 23.7 Å². The minimum Gasteiger partial charge on any atom is -0.468 e. The van der Waals surface area contributed by atoms with Crippen LogP contribution in [-0.4, -0.2) is 29.5 Å². The molecule has 26 heavy (non-hydrogen) atoms. The lowest BCUT2D eigenvalue weighted by Crippen LogP contribution is -2.37. The second-order valence-electron chi connectivity index (χ2n) is 6.29. The van der Waals surface area contributed by atoms with Crippen molar-refractivity contribution in [3.05, 3.63) is 47.4 Å². The van der Waals surface area contributed by atoms with Crippen LogP contribution in [0.1, 0.15) is 36.8 Å². The Kier molecular flexibility index (Phi) is 5.04. The molecule has 1 aliphatic rings. The Labute approximate surface area is 156 Å². The molecule has 0 bridgehead atoms. The number of rotatable bonds is 6. The molecule has 1 saturated heterocycles. The molecule has 0 spiro atoms. The summed E-state index contributed by atoms with van der Waals surface area (Å²) in [5.41, 5.74) is 0.283. The van der Waals surface area contributed by atoms with E-state index in [1.165, 1.54) is 30.6 Å². The quantitative estimate of drug-likeness (QED) is 0.690. The fourth-order valence-electron chi connectivity index (χ4n) is 3.33. The number of anilines is 1. The summed E-state index contributed by atoms with van der Waals surface area (Å²) in [6.45, 7) is 2.70. The van der Waals surface area contributed by atoms with Crippen molar-refractivity contribution in [3.8, 4) is 16.8 Å². The maximum Gasteiger partial charge on any atom is 0.240 e. The van der Waals surface area contributed by atoms with E-state index in [1.54, 1.807) is 6.26 Å². The lowest BCUT2D eigenvalue weighted by molar-refractivity contribution is 0.152. The number of nitrogens with zero attached hydrogens (tertiary/aromatic N) is 3. The van der Waals surface area contributed by atoms with Gasteiger partial charge < -0.3 is 14.2 Å². The summed E-state index contributed by atoms with van der Waals surface area (Å²) in [5.74, 6) is 1.83. The Morgan fingerprint density at radius 2 is 2.15 bits per heavy atom. The molecule has 1 fully saturated rings. The van der Waals surface area contributed by atoms with Gasteiger partial charge in [0.05, 0.1) is 17.2 Å². The third kappa shape index (κ3) is 3.52. The van der Waals surface area contributed by atoms with Gasteiger partial charge in [0.15, 0.2) is 0 Å². The number of likely N-dealkylation sites (tertiary alicyclic amines) is 1. The third-order valence-electron chi connectivity index (χ3n) is 4.62. The van der Waals surface area contributed by atoms with E-state index in [2.05, 4.69) is 21.3 Å². The van der Waals surface area contributed by atoms with E-state index in [-0.39, 0.29) is 11.7 Å². The number of aromatic nitrogens is 1. The van der Waals surface area contributed by atoms with Crippen molar-refractivity contribution in [1.29, 1.82) is 5.26 Å². The number of piperidine rings is 1. The molecular formula is C19H20N4O2S. The van der Waals surface area contributed by atoms with Crippen molar-refractivity contribution in [2.45, 2.75) is 25.3 Å². The molecule has 6 nitrogen and oxygen atoms in total. The molecule has 1 aliphatic heterocycles. The van der Waals surface area contributed by atoms with E-state index >= 15 is 0 Å². The van der Waals surface area contributed by atoms with Crippen LogP contribution < -0.4 is 5.32 Å². The normalized spacial score (nSPS) is 16.3. The Hall–Kier alpha value is -2.56. The second-order valence-corrected chi connectivity index (χ2v) is 7.24. The third-order valence-corrected chi connectivity index (χ3v) is 5.48. The molecule has 0 aliphatic carbocycles. The molecule has 4 heterocycles. The molecular weight excluding hydrogens is 348 g/mol. The van der Waals surface area contributed by atoms with Gasteiger partial charge in [0.1, 0.15) is 11.8 Å². The number of nitrogens with one attached hydrogen (secondary N) is 1. The van der Waals surface area contributed by atoms with Crippen LogP contribution in [0.25, 0.3) is 10.8 Å². The van der Waals surface area contributed by atoms with Crippen molar-refractivity contribution >= 4 is 17.2 Å². The molecule has 0 saturated carbocycles. The zero-order chi connectivity index (χ0) is 17.8. The maximum absolute atomic E-state index is 9.39. The van der Waals surface area contributed by atoms with Gasteiger partial charge in [0.25, 0.3) is 0 Å². The summed E-state index contributed by atoms with van der Waals surface area (Å²) in [5, 5.41) is 14.6. The molecule has 0 amide bonds. The van der Waals surface area contributed by atoms with Crippen LogP contribution in [0.2, 0.25) is 0 Å². The highest BCUT2D eigenvalue weighted by Crippen LogP contribution is 2.30. The predicted molar refractivity (Wildman–Crippen MR) is 99.9 cm³/mol. The van der Waals surface area contributed by atoms with Crippen LogP contribution in [-0.2, 0) is 0 Å². The lowest BCUT2D eigenvalue weighted by atomic mass is 10.1. The van der Waals surface area contributed by atoms with Crippen molar-refractivity contribution in [2.75, 3.05) is 25.0 Å². The highest BCUT2D eigenvalue weighted by Gasteiger charge is 2.25. The standard InChI is InChI=1S/C19H20N4O2S/c20-12-14-18(25-19(22-14)17-7-5-11-26-17)21-13-15(16-6-4-10-24-16)23-8-2-1-3-9-23/h4-7,10-11,15,21H,1-3,8-9,13H2/t15-/m1/s1. The predicted octanol–water partition coefficient (Wildman–Crippen LogP) is 4.51. The van der Waals surface area contributed by atoms with Gasteiger partial charge in [-0.05, 0) is 49.5 Å². The molecule has 0 radical (unpaired) electrons. The van der Waals surface area contributed by atoms with Gasteiger partial charge in [0, 0.05) is 6.54 Å². The zero-order valence-corrected chi connectivity index (χ0v) is 15.2. The first kappa shape index (κ1) is 16.9. The molecule has 0 unspecified atom stereocenters. The first-order chi connectivity index (χ1) is 12.8. The Bertz CT molecular complexity index is 858. The number of oxazole rings is 1. The topological polar surface area (TPSA) is 78.2 Å². The monoisotopic (exact) mass is 368 g/mol. The average Bonchev–Trinajstić information content (AvgIpc) is 3.44. The fraction of sp³-hybridized carbons (Fsp3) is 0.368. The lowest BCUT2D eigenvalue weighted by Gasteiger charge is -2.33. The number of hydrogen-bond donors (Lipinski definition) is 1. The molecule has 3 aromatic rings. The summed E-state index contributed by atoms with van der Waals surface area (Å²) >= 11 is 1.54. The molecule has 7 heteroatoms. The molecule has 4 rings (SSSR count). The maximum atomic E-state index is 9.39. The largest absolute Gasteiger partial charge is 0.468 e. The minimum atomic E-state index is 0.104. The van der Waals surface area contributed by atoms with Crippen LogP contribution in [0.3, 0.4) is 0 Å². The number of nitriles is 1. The van der Waals surface area contributed by atoms with Gasteiger partial charge in [0.2, 0.25) is 17.5 Å². The Morgan fingerprint density at radius 1 is 1.27 bits per heavy atom. The van der Waals surface area contributed by atoms with Gasteiger partial charge in [-0.3, -0.25) is 4.90 Å².